The summed E-state index contributed by atoms with van der Waals surface area (Å²) in [6.45, 7) is 2.13. The Hall–Kier alpha value is -2.06. The van der Waals surface area contributed by atoms with Gasteiger partial charge < -0.3 is 5.32 Å². The molecule has 0 spiro atoms. The topological polar surface area (TPSA) is 66.5 Å². The monoisotopic (exact) mass is 408 g/mol. The number of benzene rings is 2. The minimum atomic E-state index is -3.30. The molecule has 5 nitrogen and oxygen atoms in total. The molecule has 0 aliphatic carbocycles. The maximum Gasteiger partial charge on any atom is 0.234 e. The highest BCUT2D eigenvalue weighted by Gasteiger charge is 2.26. The number of anilines is 2. The van der Waals surface area contributed by atoms with Crippen LogP contribution in [0.15, 0.2) is 47.4 Å². The molecule has 1 amide bonds. The SMILES string of the molecule is CCS(=O)(=O)N1CCCc2cc(NC(=O)CSc3ccc(F)cc3)ccc21. The van der Waals surface area contributed by atoms with E-state index in [2.05, 4.69) is 5.32 Å². The molecule has 27 heavy (non-hydrogen) atoms. The second kappa shape index (κ2) is 8.31. The van der Waals surface area contributed by atoms with Gasteiger partial charge in [0.05, 0.1) is 17.2 Å². The number of nitrogens with zero attached hydrogens (tertiary/aromatic N) is 1. The average molecular weight is 409 g/mol. The molecule has 144 valence electrons. The molecule has 1 aliphatic rings. The van der Waals surface area contributed by atoms with Crippen molar-refractivity contribution in [3.05, 3.63) is 53.8 Å². The van der Waals surface area contributed by atoms with Gasteiger partial charge in [0, 0.05) is 17.1 Å². The molecule has 0 aromatic heterocycles. The van der Waals surface area contributed by atoms with Gasteiger partial charge in [-0.15, -0.1) is 11.8 Å². The predicted octanol–water partition coefficient (Wildman–Crippen LogP) is 3.66. The largest absolute Gasteiger partial charge is 0.325 e. The number of hydrogen-bond donors (Lipinski definition) is 1. The molecular weight excluding hydrogens is 387 g/mol. The molecule has 0 fully saturated rings. The van der Waals surface area contributed by atoms with Gasteiger partial charge in [-0.25, -0.2) is 12.8 Å². The summed E-state index contributed by atoms with van der Waals surface area (Å²) in [5, 5.41) is 2.84. The van der Waals surface area contributed by atoms with Crippen LogP contribution in [0.1, 0.15) is 18.9 Å². The third kappa shape index (κ3) is 4.81. The van der Waals surface area contributed by atoms with E-state index in [-0.39, 0.29) is 23.2 Å². The Kier molecular flexibility index (Phi) is 6.06. The smallest absolute Gasteiger partial charge is 0.234 e. The molecule has 0 atom stereocenters. The highest BCUT2D eigenvalue weighted by Crippen LogP contribution is 2.32. The van der Waals surface area contributed by atoms with Crippen LogP contribution in [0.2, 0.25) is 0 Å². The first-order chi connectivity index (χ1) is 12.9. The van der Waals surface area contributed by atoms with Crippen molar-refractivity contribution in [1.82, 2.24) is 0 Å². The van der Waals surface area contributed by atoms with Crippen LogP contribution in [0.25, 0.3) is 0 Å². The molecule has 0 unspecified atom stereocenters. The van der Waals surface area contributed by atoms with Gasteiger partial charge in [-0.05, 0) is 67.8 Å². The summed E-state index contributed by atoms with van der Waals surface area (Å²) in [5.41, 5.74) is 2.26. The van der Waals surface area contributed by atoms with Crippen molar-refractivity contribution >= 4 is 39.1 Å². The Morgan fingerprint density at radius 1 is 1.22 bits per heavy atom. The fraction of sp³-hybridized carbons (Fsp3) is 0.316. The van der Waals surface area contributed by atoms with Crippen molar-refractivity contribution in [2.45, 2.75) is 24.7 Å². The van der Waals surface area contributed by atoms with Crippen LogP contribution in [-0.2, 0) is 21.2 Å². The quantitative estimate of drug-likeness (QED) is 0.741. The fourth-order valence-electron chi connectivity index (χ4n) is 2.96. The van der Waals surface area contributed by atoms with Gasteiger partial charge >= 0.3 is 0 Å². The van der Waals surface area contributed by atoms with Crippen molar-refractivity contribution in [1.29, 1.82) is 0 Å². The molecule has 1 N–H and O–H groups in total. The zero-order chi connectivity index (χ0) is 19.4. The van der Waals surface area contributed by atoms with Crippen LogP contribution >= 0.6 is 11.8 Å². The third-order valence-electron chi connectivity index (χ3n) is 4.32. The van der Waals surface area contributed by atoms with Crippen molar-refractivity contribution in [3.63, 3.8) is 0 Å². The Labute approximate surface area is 163 Å². The summed E-state index contributed by atoms with van der Waals surface area (Å²) in [6, 6.07) is 11.3. The number of carbonyl (C=O) groups is 1. The second-order valence-corrected chi connectivity index (χ2v) is 9.44. The number of amides is 1. The second-order valence-electron chi connectivity index (χ2n) is 6.21. The van der Waals surface area contributed by atoms with Crippen molar-refractivity contribution in [2.75, 3.05) is 27.7 Å². The number of aryl methyl sites for hydroxylation is 1. The van der Waals surface area contributed by atoms with Crippen LogP contribution in [0.4, 0.5) is 15.8 Å². The Morgan fingerprint density at radius 3 is 2.67 bits per heavy atom. The van der Waals surface area contributed by atoms with E-state index in [0.717, 1.165) is 23.3 Å². The van der Waals surface area contributed by atoms with Crippen LogP contribution in [0.3, 0.4) is 0 Å². The van der Waals surface area contributed by atoms with Gasteiger partial charge in [0.15, 0.2) is 0 Å². The molecule has 0 radical (unpaired) electrons. The number of hydrogen-bond acceptors (Lipinski definition) is 4. The molecule has 0 bridgehead atoms. The summed E-state index contributed by atoms with van der Waals surface area (Å²) in [4.78, 5) is 13.0. The van der Waals surface area contributed by atoms with E-state index >= 15 is 0 Å². The Morgan fingerprint density at radius 2 is 1.96 bits per heavy atom. The zero-order valence-electron chi connectivity index (χ0n) is 14.9. The first kappa shape index (κ1) is 19.7. The summed E-state index contributed by atoms with van der Waals surface area (Å²) in [6.07, 6.45) is 1.53. The summed E-state index contributed by atoms with van der Waals surface area (Å²) in [5.74, 6) is -0.208. The highest BCUT2D eigenvalue weighted by atomic mass is 32.2. The first-order valence-electron chi connectivity index (χ1n) is 8.70. The normalized spacial score (nSPS) is 13.9. The number of carbonyl (C=O) groups excluding carboxylic acids is 1. The maximum absolute atomic E-state index is 12.9. The van der Waals surface area contributed by atoms with E-state index in [9.17, 15) is 17.6 Å². The summed E-state index contributed by atoms with van der Waals surface area (Å²) in [7, 11) is -3.30. The van der Waals surface area contributed by atoms with Crippen LogP contribution in [0.5, 0.6) is 0 Å². The lowest BCUT2D eigenvalue weighted by Crippen LogP contribution is -2.36. The highest BCUT2D eigenvalue weighted by molar-refractivity contribution is 8.00. The predicted molar refractivity (Wildman–Crippen MR) is 107 cm³/mol. The van der Waals surface area contributed by atoms with Gasteiger partial charge in [-0.1, -0.05) is 0 Å². The standard InChI is InChI=1S/C19H21FN2O3S2/c1-2-27(24,25)22-11-3-4-14-12-16(7-10-18(14)22)21-19(23)13-26-17-8-5-15(20)6-9-17/h5-10,12H,2-4,11,13H2,1H3,(H,21,23). The van der Waals surface area contributed by atoms with E-state index in [0.29, 0.717) is 17.9 Å². The number of thioether (sulfide) groups is 1. The number of fused-ring (bicyclic) bond motifs is 1. The minimum Gasteiger partial charge on any atom is -0.325 e. The van der Waals surface area contributed by atoms with E-state index in [1.807, 2.05) is 6.07 Å². The summed E-state index contributed by atoms with van der Waals surface area (Å²) >= 11 is 1.33. The molecule has 2 aromatic rings. The molecule has 0 saturated carbocycles. The van der Waals surface area contributed by atoms with Crippen LogP contribution in [0, 0.1) is 5.82 Å². The minimum absolute atomic E-state index is 0.0610. The molecule has 8 heteroatoms. The molecule has 2 aromatic carbocycles. The van der Waals surface area contributed by atoms with Crippen molar-refractivity contribution in [3.8, 4) is 0 Å². The van der Waals surface area contributed by atoms with Gasteiger partial charge in [0.1, 0.15) is 5.82 Å². The van der Waals surface area contributed by atoms with E-state index < -0.39 is 10.0 Å². The molecular formula is C19H21FN2O3S2. The molecule has 0 saturated heterocycles. The fourth-order valence-corrected chi connectivity index (χ4v) is 4.86. The van der Waals surface area contributed by atoms with E-state index in [4.69, 9.17) is 0 Å². The zero-order valence-corrected chi connectivity index (χ0v) is 16.6. The molecule has 1 aliphatic heterocycles. The number of halogens is 1. The molecule has 1 heterocycles. The lowest BCUT2D eigenvalue weighted by molar-refractivity contribution is -0.113. The van der Waals surface area contributed by atoms with Gasteiger partial charge in [0.25, 0.3) is 0 Å². The lowest BCUT2D eigenvalue weighted by Gasteiger charge is -2.30. The third-order valence-corrected chi connectivity index (χ3v) is 7.12. The van der Waals surface area contributed by atoms with Gasteiger partial charge in [0.2, 0.25) is 15.9 Å². The molecule has 3 rings (SSSR count). The van der Waals surface area contributed by atoms with Gasteiger partial charge in [-0.3, -0.25) is 9.10 Å². The van der Waals surface area contributed by atoms with Crippen LogP contribution in [-0.4, -0.2) is 32.4 Å². The number of rotatable bonds is 6. The number of sulfonamides is 1. The Balaban J connectivity index is 1.66. The van der Waals surface area contributed by atoms with Crippen molar-refractivity contribution in [2.24, 2.45) is 0 Å². The first-order valence-corrected chi connectivity index (χ1v) is 11.3. The maximum atomic E-state index is 12.9. The summed E-state index contributed by atoms with van der Waals surface area (Å²) < 4.78 is 38.9. The van der Waals surface area contributed by atoms with E-state index in [1.54, 1.807) is 31.2 Å². The average Bonchev–Trinajstić information content (AvgIpc) is 2.67. The van der Waals surface area contributed by atoms with Crippen molar-refractivity contribution < 1.29 is 17.6 Å². The Bertz CT molecular complexity index is 930. The van der Waals surface area contributed by atoms with E-state index in [1.165, 1.54) is 28.2 Å². The van der Waals surface area contributed by atoms with Gasteiger partial charge in [-0.2, -0.15) is 0 Å². The lowest BCUT2D eigenvalue weighted by atomic mass is 10.0. The van der Waals surface area contributed by atoms with Crippen LogP contribution < -0.4 is 9.62 Å². The number of nitrogens with one attached hydrogen (secondary N) is 1.